The number of carbonyl (C=O) groups is 4. The van der Waals surface area contributed by atoms with Gasteiger partial charge in [0.1, 0.15) is 23.7 Å². The summed E-state index contributed by atoms with van der Waals surface area (Å²) in [6, 6.07) is 23.5. The van der Waals surface area contributed by atoms with Gasteiger partial charge in [-0.05, 0) is 107 Å². The van der Waals surface area contributed by atoms with E-state index in [4.69, 9.17) is 19.4 Å². The van der Waals surface area contributed by atoms with E-state index in [0.29, 0.717) is 13.1 Å². The lowest BCUT2D eigenvalue weighted by molar-refractivity contribution is -0.136. The minimum absolute atomic E-state index is 0. The van der Waals surface area contributed by atoms with Crippen LogP contribution in [-0.2, 0) is 19.1 Å². The second-order valence-electron chi connectivity index (χ2n) is 16.6. The van der Waals surface area contributed by atoms with Crippen molar-refractivity contribution in [1.29, 1.82) is 0 Å². The monoisotopic (exact) mass is 914 g/mol. The van der Waals surface area contributed by atoms with Gasteiger partial charge in [0.2, 0.25) is 11.8 Å². The molecule has 8 rings (SSSR count). The normalized spacial score (nSPS) is 17.0. The lowest BCUT2D eigenvalue weighted by Crippen LogP contribution is -2.51. The number of amides is 4. The molecule has 0 aliphatic carbocycles. The van der Waals surface area contributed by atoms with Crippen LogP contribution in [0.25, 0.3) is 55.1 Å². The maximum atomic E-state index is 13.7. The molecule has 0 spiro atoms. The molecule has 0 radical (unpaired) electrons. The van der Waals surface area contributed by atoms with Crippen LogP contribution in [-0.4, -0.2) is 93.1 Å². The highest BCUT2D eigenvalue weighted by molar-refractivity contribution is 7.59. The molecule has 4 N–H and O–H groups in total. The van der Waals surface area contributed by atoms with Gasteiger partial charge in [-0.25, -0.2) is 19.6 Å². The van der Waals surface area contributed by atoms with Gasteiger partial charge >= 0.3 is 12.2 Å². The molecule has 0 bridgehead atoms. The highest BCUT2D eigenvalue weighted by Crippen LogP contribution is 2.36. The Balaban J connectivity index is 0.00000249. The van der Waals surface area contributed by atoms with Gasteiger partial charge in [0.05, 0.1) is 48.4 Å². The van der Waals surface area contributed by atoms with Gasteiger partial charge in [0.15, 0.2) is 0 Å². The van der Waals surface area contributed by atoms with Gasteiger partial charge in [0.25, 0.3) is 0 Å². The number of hydrogen-bond donors (Lipinski definition) is 4. The number of nitrogens with zero attached hydrogens (tertiary/aromatic N) is 4. The molecule has 4 heterocycles. The molecule has 2 saturated heterocycles. The first-order valence-electron chi connectivity index (χ1n) is 20.8. The number of aromatic amines is 2. The number of methoxy groups -OCH3 is 2. The van der Waals surface area contributed by atoms with E-state index in [1.165, 1.54) is 14.2 Å². The minimum Gasteiger partial charge on any atom is -0.453 e. The quantitative estimate of drug-likeness (QED) is 0.106. The zero-order chi connectivity index (χ0) is 42.2. The Labute approximate surface area is 388 Å². The number of alkyl carbamates (subject to hydrolysis) is 2. The van der Waals surface area contributed by atoms with Crippen molar-refractivity contribution < 1.29 is 28.7 Å². The number of likely N-dealkylation sites (tertiary alicyclic amines) is 2. The average Bonchev–Trinajstić information content (AvgIpc) is 4.08. The van der Waals surface area contributed by atoms with Crippen LogP contribution in [0.1, 0.15) is 77.1 Å². The first-order valence-corrected chi connectivity index (χ1v) is 20.8. The molecule has 63 heavy (non-hydrogen) atoms. The van der Waals surface area contributed by atoms with E-state index in [1.807, 2.05) is 49.6 Å². The van der Waals surface area contributed by atoms with Gasteiger partial charge in [-0.3, -0.25) is 9.59 Å². The summed E-state index contributed by atoms with van der Waals surface area (Å²) in [6.45, 7) is 8.82. The molecule has 336 valence electrons. The summed E-state index contributed by atoms with van der Waals surface area (Å²) in [7, 11) is 2.59. The highest BCUT2D eigenvalue weighted by atomic mass is 32.1. The fourth-order valence-corrected chi connectivity index (χ4v) is 8.72. The van der Waals surface area contributed by atoms with E-state index in [0.717, 1.165) is 92.4 Å². The van der Waals surface area contributed by atoms with Gasteiger partial charge in [-0.2, -0.15) is 40.5 Å². The molecule has 0 unspecified atom stereocenters. The van der Waals surface area contributed by atoms with Crippen molar-refractivity contribution in [3.63, 3.8) is 0 Å². The molecule has 4 amide bonds. The zero-order valence-electron chi connectivity index (χ0n) is 36.4. The number of imidazole rings is 2. The summed E-state index contributed by atoms with van der Waals surface area (Å²) in [5.41, 5.74) is 7.69. The van der Waals surface area contributed by atoms with Crippen molar-refractivity contribution in [3.8, 4) is 22.3 Å². The van der Waals surface area contributed by atoms with Crippen LogP contribution in [0.5, 0.6) is 0 Å². The highest BCUT2D eigenvalue weighted by Gasteiger charge is 2.39. The third-order valence-electron chi connectivity index (χ3n) is 12.0. The van der Waals surface area contributed by atoms with Crippen molar-refractivity contribution >= 4 is 97.3 Å². The Morgan fingerprint density at radius 3 is 1.32 bits per heavy atom. The van der Waals surface area contributed by atoms with E-state index >= 15 is 0 Å². The maximum absolute atomic E-state index is 13.7. The number of benzene rings is 4. The lowest BCUT2D eigenvalue weighted by Gasteiger charge is -2.29. The van der Waals surface area contributed by atoms with Crippen molar-refractivity contribution in [3.05, 3.63) is 84.4 Å². The second kappa shape index (κ2) is 20.4. The molecule has 4 atom stereocenters. The van der Waals surface area contributed by atoms with Gasteiger partial charge < -0.3 is 39.9 Å². The molecular weight excluding hydrogens is 857 g/mol. The number of nitrogens with one attached hydrogen (secondary N) is 4. The van der Waals surface area contributed by atoms with E-state index in [2.05, 4.69) is 81.3 Å². The fraction of sp³-hybridized carbons (Fsp3) is 0.391. The zero-order valence-corrected chi connectivity index (χ0v) is 39.4. The number of hydrogen-bond acceptors (Lipinski definition) is 8. The second-order valence-corrected chi connectivity index (χ2v) is 16.6. The molecule has 2 aromatic heterocycles. The lowest BCUT2D eigenvalue weighted by atomic mass is 9.97. The Morgan fingerprint density at radius 2 is 0.952 bits per heavy atom. The standard InChI is InChI=1S/C46H52N8O6.3H2S/c1-25(2)39(51-45(57)59-5)43(55)53-19-7-9-37(53)41-47-33-17-15-31(23-35(33)49-41)29-13-11-28-22-30(14-12-27(28)21-29)32-16-18-34-36(24-32)50-42(48-34)38-10-8-20-54(38)44(56)40(26(3)4)52-46(58)60-6;;;/h11-18,21-26,37-40H,7-10,19-20H2,1-6H3,(H,47,49)(H,48,50)(H,51,57)(H,52,58);3*1H2/t37-,38-,39+,40+;;;/m0.../s1. The van der Waals surface area contributed by atoms with Gasteiger partial charge in [-0.1, -0.05) is 64.1 Å². The van der Waals surface area contributed by atoms with Crippen molar-refractivity contribution in [1.82, 2.24) is 40.4 Å². The molecule has 17 heteroatoms. The molecular formula is C46H58N8O6S3. The van der Waals surface area contributed by atoms with E-state index < -0.39 is 24.3 Å². The predicted molar refractivity (Wildman–Crippen MR) is 261 cm³/mol. The summed E-state index contributed by atoms with van der Waals surface area (Å²) in [5, 5.41) is 7.65. The summed E-state index contributed by atoms with van der Waals surface area (Å²) in [6.07, 6.45) is 2.01. The maximum Gasteiger partial charge on any atom is 0.407 e. The van der Waals surface area contributed by atoms with E-state index in [1.54, 1.807) is 0 Å². The third kappa shape index (κ3) is 9.90. The predicted octanol–water partition coefficient (Wildman–Crippen LogP) is 8.35. The van der Waals surface area contributed by atoms with Crippen molar-refractivity contribution in [2.24, 2.45) is 11.8 Å². The third-order valence-corrected chi connectivity index (χ3v) is 12.0. The van der Waals surface area contributed by atoms with Crippen molar-refractivity contribution in [2.45, 2.75) is 77.5 Å². The Kier molecular flexibility index (Phi) is 15.8. The fourth-order valence-electron chi connectivity index (χ4n) is 8.72. The Hall–Kier alpha value is -5.39. The Bertz CT molecular complexity index is 2440. The summed E-state index contributed by atoms with van der Waals surface area (Å²) < 4.78 is 9.56. The molecule has 6 aromatic rings. The molecule has 4 aromatic carbocycles. The van der Waals surface area contributed by atoms with Crippen LogP contribution in [0, 0.1) is 11.8 Å². The van der Waals surface area contributed by atoms with E-state index in [9.17, 15) is 19.2 Å². The van der Waals surface area contributed by atoms with Crippen molar-refractivity contribution in [2.75, 3.05) is 27.3 Å². The van der Waals surface area contributed by atoms with Crippen LogP contribution >= 0.6 is 40.5 Å². The molecule has 2 aliphatic heterocycles. The van der Waals surface area contributed by atoms with Crippen LogP contribution in [0.3, 0.4) is 0 Å². The number of ether oxygens (including phenoxy) is 2. The van der Waals surface area contributed by atoms with Gasteiger partial charge in [-0.15, -0.1) is 0 Å². The van der Waals surface area contributed by atoms with Crippen LogP contribution in [0.15, 0.2) is 72.8 Å². The average molecular weight is 915 g/mol. The number of rotatable bonds is 10. The summed E-state index contributed by atoms with van der Waals surface area (Å²) in [4.78, 5) is 71.8. The molecule has 14 nitrogen and oxygen atoms in total. The summed E-state index contributed by atoms with van der Waals surface area (Å²) in [5.74, 6) is 0.992. The molecule has 0 saturated carbocycles. The Morgan fingerprint density at radius 1 is 0.587 bits per heavy atom. The van der Waals surface area contributed by atoms with Crippen LogP contribution in [0.4, 0.5) is 9.59 Å². The van der Waals surface area contributed by atoms with E-state index in [-0.39, 0.29) is 76.2 Å². The SMILES string of the molecule is COC(=O)N[C@@H](C(=O)N1CCC[C@H]1c1nc2ccc(-c3ccc4cc(-c5ccc6nc([C@@H]7CCCN7C(=O)[C@H](NC(=O)OC)C(C)C)[nH]c6c5)ccc4c3)cc2[nH]1)C(C)C.S.S.S. The largest absolute Gasteiger partial charge is 0.453 e. The van der Waals surface area contributed by atoms with Crippen LogP contribution in [0.2, 0.25) is 0 Å². The van der Waals surface area contributed by atoms with Gasteiger partial charge in [0, 0.05) is 13.1 Å². The number of H-pyrrole nitrogens is 2. The van der Waals surface area contributed by atoms with Crippen LogP contribution < -0.4 is 10.6 Å². The smallest absolute Gasteiger partial charge is 0.407 e. The number of aromatic nitrogens is 4. The number of fused-ring (bicyclic) bond motifs is 3. The first kappa shape index (κ1) is 48.6. The minimum atomic E-state index is -0.692. The topological polar surface area (TPSA) is 175 Å². The first-order chi connectivity index (χ1) is 28.9. The molecule has 2 aliphatic rings. The molecule has 2 fully saturated rings. The number of carbonyl (C=O) groups excluding carboxylic acids is 4. The summed E-state index contributed by atoms with van der Waals surface area (Å²) >= 11 is 0.